The molecule has 1 amide bonds. The van der Waals surface area contributed by atoms with Crippen LogP contribution in [0, 0.1) is 6.92 Å². The third-order valence-corrected chi connectivity index (χ3v) is 6.44. The van der Waals surface area contributed by atoms with E-state index >= 15 is 0 Å². The fraction of sp³-hybridized carbons (Fsp3) is 0.308. The fourth-order valence-electron chi connectivity index (χ4n) is 3.84. The minimum atomic E-state index is -0.0674. The van der Waals surface area contributed by atoms with Crippen LogP contribution < -0.4 is 19.7 Å². The van der Waals surface area contributed by atoms with E-state index in [1.54, 1.807) is 24.5 Å². The Morgan fingerprint density at radius 1 is 1.18 bits per heavy atom. The van der Waals surface area contributed by atoms with Gasteiger partial charge in [0.25, 0.3) is 0 Å². The number of thiazole rings is 1. The zero-order chi connectivity index (χ0) is 23.0. The lowest BCUT2D eigenvalue weighted by molar-refractivity contribution is -0.117. The Balaban J connectivity index is 1.23. The number of rotatable bonds is 8. The lowest BCUT2D eigenvalue weighted by Gasteiger charge is -2.33. The molecule has 0 aliphatic carbocycles. The number of amides is 1. The molecule has 1 aliphatic rings. The zero-order valence-corrected chi connectivity index (χ0v) is 19.8. The standard InChI is InChI=1S/C26H29N3O3S/c1-19-27-22(18-33-19)17-32-25-5-3-4-20(16-25)6-11-26(30)28-21-12-14-29(15-13-21)23-7-9-24(31-2)10-8-23/h3-11,16,18,21H,12-15,17H2,1-2H3,(H,28,30)/b11-6+. The van der Waals surface area contributed by atoms with E-state index in [0.29, 0.717) is 6.61 Å². The minimum absolute atomic E-state index is 0.0674. The number of carbonyl (C=O) groups is 1. The second-order valence-corrected chi connectivity index (χ2v) is 9.08. The van der Waals surface area contributed by atoms with Crippen LogP contribution in [0.3, 0.4) is 0 Å². The normalized spacial score (nSPS) is 14.4. The van der Waals surface area contributed by atoms with E-state index in [9.17, 15) is 4.79 Å². The van der Waals surface area contributed by atoms with Gasteiger partial charge < -0.3 is 19.7 Å². The molecule has 0 atom stereocenters. The van der Waals surface area contributed by atoms with E-state index in [0.717, 1.165) is 53.7 Å². The maximum atomic E-state index is 12.4. The first-order chi connectivity index (χ1) is 16.1. The van der Waals surface area contributed by atoms with Gasteiger partial charge in [0, 0.05) is 36.3 Å². The van der Waals surface area contributed by atoms with Gasteiger partial charge in [0.05, 0.1) is 17.8 Å². The van der Waals surface area contributed by atoms with Gasteiger partial charge >= 0.3 is 0 Å². The summed E-state index contributed by atoms with van der Waals surface area (Å²) >= 11 is 1.61. The molecule has 1 fully saturated rings. The van der Waals surface area contributed by atoms with Crippen molar-refractivity contribution >= 4 is 29.0 Å². The monoisotopic (exact) mass is 463 g/mol. The molecular formula is C26H29N3O3S. The smallest absolute Gasteiger partial charge is 0.244 e. The summed E-state index contributed by atoms with van der Waals surface area (Å²) in [5, 5.41) is 6.17. The molecule has 6 nitrogen and oxygen atoms in total. The third kappa shape index (κ3) is 6.58. The number of hydrogen-bond acceptors (Lipinski definition) is 6. The zero-order valence-electron chi connectivity index (χ0n) is 19.0. The van der Waals surface area contributed by atoms with Gasteiger partial charge in [-0.25, -0.2) is 4.98 Å². The lowest BCUT2D eigenvalue weighted by atomic mass is 10.0. The SMILES string of the molecule is COc1ccc(N2CCC(NC(=O)/C=C/c3cccc(OCc4csc(C)n4)c3)CC2)cc1. The van der Waals surface area contributed by atoms with Crippen molar-refractivity contribution in [2.75, 3.05) is 25.1 Å². The van der Waals surface area contributed by atoms with Crippen LogP contribution in [-0.2, 0) is 11.4 Å². The Hall–Kier alpha value is -3.32. The highest BCUT2D eigenvalue weighted by Crippen LogP contribution is 2.23. The van der Waals surface area contributed by atoms with Crippen molar-refractivity contribution < 1.29 is 14.3 Å². The summed E-state index contributed by atoms with van der Waals surface area (Å²) < 4.78 is 11.1. The van der Waals surface area contributed by atoms with E-state index in [2.05, 4.69) is 27.3 Å². The number of benzene rings is 2. The first kappa shape index (κ1) is 22.9. The number of hydrogen-bond donors (Lipinski definition) is 1. The van der Waals surface area contributed by atoms with Gasteiger partial charge in [-0.05, 0) is 67.8 Å². The predicted molar refractivity (Wildman–Crippen MR) is 133 cm³/mol. The molecule has 2 aromatic carbocycles. The maximum Gasteiger partial charge on any atom is 0.244 e. The van der Waals surface area contributed by atoms with Gasteiger partial charge in [-0.3, -0.25) is 4.79 Å². The quantitative estimate of drug-likeness (QED) is 0.485. The van der Waals surface area contributed by atoms with E-state index < -0.39 is 0 Å². The molecule has 0 spiro atoms. The van der Waals surface area contributed by atoms with Crippen LogP contribution in [0.5, 0.6) is 11.5 Å². The van der Waals surface area contributed by atoms with Crippen LogP contribution in [0.4, 0.5) is 5.69 Å². The minimum Gasteiger partial charge on any atom is -0.497 e. The van der Waals surface area contributed by atoms with Crippen molar-refractivity contribution in [2.24, 2.45) is 0 Å². The van der Waals surface area contributed by atoms with Crippen LogP contribution in [0.25, 0.3) is 6.08 Å². The number of carbonyl (C=O) groups excluding carboxylic acids is 1. The molecule has 1 N–H and O–H groups in total. The second kappa shape index (κ2) is 11.0. The van der Waals surface area contributed by atoms with Gasteiger partial charge in [-0.15, -0.1) is 11.3 Å². The van der Waals surface area contributed by atoms with Gasteiger partial charge in [-0.2, -0.15) is 0 Å². The lowest BCUT2D eigenvalue weighted by Crippen LogP contribution is -2.44. The number of aryl methyl sites for hydroxylation is 1. The first-order valence-corrected chi connectivity index (χ1v) is 12.0. The van der Waals surface area contributed by atoms with Gasteiger partial charge in [-0.1, -0.05) is 12.1 Å². The molecule has 1 saturated heterocycles. The van der Waals surface area contributed by atoms with Crippen LogP contribution in [0.2, 0.25) is 0 Å². The summed E-state index contributed by atoms with van der Waals surface area (Å²) in [6, 6.07) is 16.0. The molecule has 33 heavy (non-hydrogen) atoms. The highest BCUT2D eigenvalue weighted by Gasteiger charge is 2.20. The number of nitrogens with zero attached hydrogens (tertiary/aromatic N) is 2. The van der Waals surface area contributed by atoms with E-state index in [1.807, 2.05) is 54.8 Å². The average molecular weight is 464 g/mol. The molecular weight excluding hydrogens is 434 g/mol. The Morgan fingerprint density at radius 2 is 1.97 bits per heavy atom. The highest BCUT2D eigenvalue weighted by atomic mass is 32.1. The number of anilines is 1. The van der Waals surface area contributed by atoms with Gasteiger partial charge in [0.15, 0.2) is 0 Å². The largest absolute Gasteiger partial charge is 0.497 e. The summed E-state index contributed by atoms with van der Waals surface area (Å²) in [5.41, 5.74) is 3.04. The number of methoxy groups -OCH3 is 1. The molecule has 0 unspecified atom stereocenters. The first-order valence-electron chi connectivity index (χ1n) is 11.1. The molecule has 1 aromatic heterocycles. The molecule has 4 rings (SSSR count). The number of piperidine rings is 1. The van der Waals surface area contributed by atoms with Crippen molar-refractivity contribution in [1.29, 1.82) is 0 Å². The molecule has 3 aromatic rings. The van der Waals surface area contributed by atoms with Crippen molar-refractivity contribution in [1.82, 2.24) is 10.3 Å². The summed E-state index contributed by atoms with van der Waals surface area (Å²) in [6.45, 7) is 4.25. The molecule has 0 saturated carbocycles. The van der Waals surface area contributed by atoms with Crippen LogP contribution >= 0.6 is 11.3 Å². The van der Waals surface area contributed by atoms with Gasteiger partial charge in [0.2, 0.25) is 5.91 Å². The third-order valence-electron chi connectivity index (χ3n) is 5.62. The second-order valence-electron chi connectivity index (χ2n) is 8.02. The highest BCUT2D eigenvalue weighted by molar-refractivity contribution is 7.09. The molecule has 0 bridgehead atoms. The summed E-state index contributed by atoms with van der Waals surface area (Å²) in [6.07, 6.45) is 5.26. The van der Waals surface area contributed by atoms with E-state index in [-0.39, 0.29) is 11.9 Å². The van der Waals surface area contributed by atoms with Crippen molar-refractivity contribution in [3.63, 3.8) is 0 Å². The molecule has 0 radical (unpaired) electrons. The summed E-state index contributed by atoms with van der Waals surface area (Å²) in [7, 11) is 1.67. The Labute approximate surface area is 198 Å². The Morgan fingerprint density at radius 3 is 2.67 bits per heavy atom. The fourth-order valence-corrected chi connectivity index (χ4v) is 4.43. The molecule has 172 valence electrons. The predicted octanol–water partition coefficient (Wildman–Crippen LogP) is 4.84. The van der Waals surface area contributed by atoms with Crippen LogP contribution in [-0.4, -0.2) is 37.1 Å². The number of aromatic nitrogens is 1. The van der Waals surface area contributed by atoms with Crippen molar-refractivity contribution in [2.45, 2.75) is 32.4 Å². The molecule has 1 aliphatic heterocycles. The van der Waals surface area contributed by atoms with Crippen LogP contribution in [0.1, 0.15) is 29.1 Å². The topological polar surface area (TPSA) is 63.7 Å². The number of ether oxygens (including phenoxy) is 2. The van der Waals surface area contributed by atoms with E-state index in [4.69, 9.17) is 9.47 Å². The average Bonchev–Trinajstić information content (AvgIpc) is 3.27. The van der Waals surface area contributed by atoms with Gasteiger partial charge in [0.1, 0.15) is 18.1 Å². The summed E-state index contributed by atoms with van der Waals surface area (Å²) in [4.78, 5) is 19.2. The Kier molecular flexibility index (Phi) is 7.62. The summed E-state index contributed by atoms with van der Waals surface area (Å²) in [5.74, 6) is 1.55. The van der Waals surface area contributed by atoms with E-state index in [1.165, 1.54) is 5.69 Å². The molecule has 7 heteroatoms. The van der Waals surface area contributed by atoms with Crippen LogP contribution in [0.15, 0.2) is 60.0 Å². The Bertz CT molecular complexity index is 1090. The van der Waals surface area contributed by atoms with Crippen molar-refractivity contribution in [3.8, 4) is 11.5 Å². The number of nitrogens with one attached hydrogen (secondary N) is 1. The maximum absolute atomic E-state index is 12.4. The molecule has 2 heterocycles. The van der Waals surface area contributed by atoms with Crippen molar-refractivity contribution in [3.05, 3.63) is 76.3 Å².